The van der Waals surface area contributed by atoms with E-state index in [0.29, 0.717) is 37.5 Å². The zero-order valence-corrected chi connectivity index (χ0v) is 22.0. The smallest absolute Gasteiger partial charge is 0.254 e. The largest absolute Gasteiger partial charge is 0.390 e. The molecule has 1 amide bonds. The second-order valence-corrected chi connectivity index (χ2v) is 11.2. The number of fused-ring (bicyclic) bond motifs is 1. The first-order valence-electron chi connectivity index (χ1n) is 13.8. The third-order valence-electron chi connectivity index (χ3n) is 8.12. The van der Waals surface area contributed by atoms with Crippen molar-refractivity contribution in [2.24, 2.45) is 11.8 Å². The Balaban J connectivity index is 1.35. The van der Waals surface area contributed by atoms with Crippen LogP contribution in [0, 0.1) is 11.8 Å². The number of aliphatic hydroxyl groups is 1. The highest BCUT2D eigenvalue weighted by atomic mass is 16.3. The van der Waals surface area contributed by atoms with E-state index in [9.17, 15) is 9.90 Å². The van der Waals surface area contributed by atoms with E-state index in [1.807, 2.05) is 11.0 Å². The SMILES string of the molecule is CC1/C=C\C=C/C(C)CN(CC(O)CN2CCc3cc(N(C)C4CCCCC4)ccc3C2=O)CC1. The summed E-state index contributed by atoms with van der Waals surface area (Å²) in [5.74, 6) is 1.02. The molecule has 3 unspecified atom stereocenters. The number of carbonyl (C=O) groups is 1. The second kappa shape index (κ2) is 12.2. The minimum absolute atomic E-state index is 0.0631. The number of benzene rings is 1. The quantitative estimate of drug-likeness (QED) is 0.630. The van der Waals surface area contributed by atoms with Crippen molar-refractivity contribution in [3.8, 4) is 0 Å². The molecule has 1 aliphatic carbocycles. The molecule has 5 heteroatoms. The fourth-order valence-corrected chi connectivity index (χ4v) is 5.92. The van der Waals surface area contributed by atoms with Gasteiger partial charge in [0.2, 0.25) is 0 Å². The van der Waals surface area contributed by atoms with E-state index in [1.54, 1.807) is 0 Å². The molecule has 0 radical (unpaired) electrons. The molecule has 3 aliphatic rings. The molecule has 1 fully saturated rings. The maximum Gasteiger partial charge on any atom is 0.254 e. The van der Waals surface area contributed by atoms with Gasteiger partial charge in [0.25, 0.3) is 5.91 Å². The molecule has 192 valence electrons. The van der Waals surface area contributed by atoms with Crippen LogP contribution in [-0.2, 0) is 6.42 Å². The Kier molecular flexibility index (Phi) is 9.07. The molecular weight excluding hydrogens is 434 g/mol. The van der Waals surface area contributed by atoms with E-state index in [1.165, 1.54) is 37.8 Å². The summed E-state index contributed by atoms with van der Waals surface area (Å²) in [6, 6.07) is 6.97. The average Bonchev–Trinajstić information content (AvgIpc) is 2.86. The number of hydrogen-bond acceptors (Lipinski definition) is 4. The van der Waals surface area contributed by atoms with E-state index >= 15 is 0 Å². The topological polar surface area (TPSA) is 47.0 Å². The van der Waals surface area contributed by atoms with Gasteiger partial charge in [-0.15, -0.1) is 0 Å². The van der Waals surface area contributed by atoms with Crippen LogP contribution in [0.15, 0.2) is 42.5 Å². The van der Waals surface area contributed by atoms with Crippen molar-refractivity contribution in [1.29, 1.82) is 0 Å². The number of β-amino-alcohol motifs (C(OH)–C–C–N with tert-alkyl or cyclic N) is 1. The summed E-state index contributed by atoms with van der Waals surface area (Å²) in [7, 11) is 2.20. The van der Waals surface area contributed by atoms with Crippen molar-refractivity contribution in [2.45, 2.75) is 70.9 Å². The molecule has 0 spiro atoms. The zero-order chi connectivity index (χ0) is 24.8. The summed E-state index contributed by atoms with van der Waals surface area (Å²) in [6.45, 7) is 8.05. The Labute approximate surface area is 212 Å². The lowest BCUT2D eigenvalue weighted by atomic mass is 9.93. The average molecular weight is 480 g/mol. The number of rotatable bonds is 6. The van der Waals surface area contributed by atoms with Crippen molar-refractivity contribution in [1.82, 2.24) is 9.80 Å². The maximum atomic E-state index is 13.3. The van der Waals surface area contributed by atoms with Gasteiger partial charge in [0.05, 0.1) is 6.10 Å². The zero-order valence-electron chi connectivity index (χ0n) is 22.0. The van der Waals surface area contributed by atoms with E-state index in [2.05, 4.69) is 67.1 Å². The first kappa shape index (κ1) is 26.0. The van der Waals surface area contributed by atoms with Crippen LogP contribution in [0.4, 0.5) is 5.69 Å². The lowest BCUT2D eigenvalue weighted by Crippen LogP contribution is -2.46. The van der Waals surface area contributed by atoms with Gasteiger partial charge >= 0.3 is 0 Å². The molecule has 0 saturated heterocycles. The Morgan fingerprint density at radius 3 is 2.51 bits per heavy atom. The third kappa shape index (κ3) is 6.98. The van der Waals surface area contributed by atoms with Crippen LogP contribution in [0.3, 0.4) is 0 Å². The summed E-state index contributed by atoms with van der Waals surface area (Å²) in [4.78, 5) is 19.9. The van der Waals surface area contributed by atoms with Crippen LogP contribution in [0.25, 0.3) is 0 Å². The minimum Gasteiger partial charge on any atom is -0.390 e. The number of aliphatic hydroxyl groups excluding tert-OH is 1. The molecule has 4 rings (SSSR count). The Morgan fingerprint density at radius 2 is 1.74 bits per heavy atom. The van der Waals surface area contributed by atoms with Crippen LogP contribution in [0.5, 0.6) is 0 Å². The number of allylic oxidation sites excluding steroid dienone is 3. The summed E-state index contributed by atoms with van der Waals surface area (Å²) in [5.41, 5.74) is 3.19. The van der Waals surface area contributed by atoms with Gasteiger partial charge in [0.15, 0.2) is 0 Å². The van der Waals surface area contributed by atoms with Gasteiger partial charge < -0.3 is 19.8 Å². The molecule has 1 aromatic carbocycles. The van der Waals surface area contributed by atoms with Crippen molar-refractivity contribution in [2.75, 3.05) is 44.7 Å². The Hall–Kier alpha value is -2.11. The summed E-state index contributed by atoms with van der Waals surface area (Å²) >= 11 is 0. The molecule has 2 heterocycles. The fraction of sp³-hybridized carbons (Fsp3) is 0.633. The molecule has 3 atom stereocenters. The van der Waals surface area contributed by atoms with Crippen LogP contribution in [0.2, 0.25) is 0 Å². The predicted octanol–water partition coefficient (Wildman–Crippen LogP) is 4.91. The van der Waals surface area contributed by atoms with Crippen LogP contribution in [0.1, 0.15) is 68.3 Å². The highest BCUT2D eigenvalue weighted by Gasteiger charge is 2.28. The van der Waals surface area contributed by atoms with E-state index < -0.39 is 6.10 Å². The summed E-state index contributed by atoms with van der Waals surface area (Å²) < 4.78 is 0. The highest BCUT2D eigenvalue weighted by Crippen LogP contribution is 2.29. The van der Waals surface area contributed by atoms with Crippen LogP contribution < -0.4 is 4.90 Å². The van der Waals surface area contributed by atoms with Gasteiger partial charge in [0.1, 0.15) is 0 Å². The molecule has 1 saturated carbocycles. The van der Waals surface area contributed by atoms with E-state index in [-0.39, 0.29) is 5.91 Å². The molecule has 0 bridgehead atoms. The Morgan fingerprint density at radius 1 is 1.00 bits per heavy atom. The monoisotopic (exact) mass is 479 g/mol. The molecule has 0 aromatic heterocycles. The van der Waals surface area contributed by atoms with Gasteiger partial charge in [-0.05, 0) is 67.8 Å². The van der Waals surface area contributed by atoms with Crippen molar-refractivity contribution in [3.05, 3.63) is 53.6 Å². The van der Waals surface area contributed by atoms with Gasteiger partial charge in [-0.2, -0.15) is 0 Å². The van der Waals surface area contributed by atoms with Crippen LogP contribution >= 0.6 is 0 Å². The van der Waals surface area contributed by atoms with Crippen molar-refractivity contribution >= 4 is 11.6 Å². The fourth-order valence-electron chi connectivity index (χ4n) is 5.92. The van der Waals surface area contributed by atoms with Gasteiger partial charge in [-0.1, -0.05) is 57.4 Å². The number of carbonyl (C=O) groups excluding carboxylic acids is 1. The number of nitrogens with zero attached hydrogens (tertiary/aromatic N) is 3. The number of hydrogen-bond donors (Lipinski definition) is 1. The van der Waals surface area contributed by atoms with Crippen LogP contribution in [-0.4, -0.2) is 72.7 Å². The predicted molar refractivity (Wildman–Crippen MR) is 145 cm³/mol. The van der Waals surface area contributed by atoms with Crippen molar-refractivity contribution < 1.29 is 9.90 Å². The molecular formula is C30H45N3O2. The van der Waals surface area contributed by atoms with Gasteiger partial charge in [0, 0.05) is 50.5 Å². The van der Waals surface area contributed by atoms with Crippen molar-refractivity contribution in [3.63, 3.8) is 0 Å². The highest BCUT2D eigenvalue weighted by molar-refractivity contribution is 5.97. The van der Waals surface area contributed by atoms with Gasteiger partial charge in [-0.25, -0.2) is 0 Å². The number of anilines is 1. The van der Waals surface area contributed by atoms with Gasteiger partial charge in [-0.3, -0.25) is 4.79 Å². The molecule has 5 nitrogen and oxygen atoms in total. The number of amides is 1. The normalized spacial score (nSPS) is 27.2. The summed E-state index contributed by atoms with van der Waals surface area (Å²) in [5, 5.41) is 10.9. The minimum atomic E-state index is -0.540. The molecule has 1 N–H and O–H groups in total. The second-order valence-electron chi connectivity index (χ2n) is 11.2. The lowest BCUT2D eigenvalue weighted by Gasteiger charge is -2.35. The van der Waals surface area contributed by atoms with E-state index in [4.69, 9.17) is 0 Å². The van der Waals surface area contributed by atoms with E-state index in [0.717, 1.165) is 37.1 Å². The molecule has 35 heavy (non-hydrogen) atoms. The Bertz CT molecular complexity index is 905. The summed E-state index contributed by atoms with van der Waals surface area (Å²) in [6.07, 6.45) is 16.7. The lowest BCUT2D eigenvalue weighted by molar-refractivity contribution is 0.0494. The standard InChI is InChI=1S/C30H45N3O2/c1-23-9-7-8-10-24(2)20-32(17-15-23)21-28(34)22-33-18-16-25-19-27(13-14-29(25)30(33)35)31(3)26-11-5-4-6-12-26/h7-10,13-14,19,23-24,26,28,34H,4-6,11-12,15-18,20-22H2,1-3H3/b9-7-,10-8-. The molecule has 1 aromatic rings. The molecule has 2 aliphatic heterocycles. The first-order valence-corrected chi connectivity index (χ1v) is 13.8. The third-order valence-corrected chi connectivity index (χ3v) is 8.12. The first-order chi connectivity index (χ1) is 16.9. The maximum absolute atomic E-state index is 13.3.